The van der Waals surface area contributed by atoms with E-state index in [1.54, 1.807) is 0 Å². The molecule has 0 spiro atoms. The number of hydrogen-bond donors (Lipinski definition) is 0. The summed E-state index contributed by atoms with van der Waals surface area (Å²) in [5.41, 5.74) is 9.46. The van der Waals surface area contributed by atoms with Gasteiger partial charge in [0, 0.05) is 40.5 Å². The Morgan fingerprint density at radius 2 is 1.21 bits per heavy atom. The second-order valence-electron chi connectivity index (χ2n) is 12.4. The number of para-hydroxylation sites is 1. The summed E-state index contributed by atoms with van der Waals surface area (Å²) in [7, 11) is 0. The van der Waals surface area contributed by atoms with Crippen molar-refractivity contribution < 1.29 is 0 Å². The number of nitrogens with zero attached hydrogens (tertiary/aromatic N) is 3. The average molecular weight is 550 g/mol. The molecule has 0 amide bonds. The molecule has 6 aromatic rings. The van der Waals surface area contributed by atoms with Gasteiger partial charge in [-0.25, -0.2) is 4.98 Å². The number of aromatic nitrogens is 3. The van der Waals surface area contributed by atoms with E-state index in [-0.39, 0.29) is 5.41 Å². The maximum atomic E-state index is 4.89. The third-order valence-electron chi connectivity index (χ3n) is 8.58. The van der Waals surface area contributed by atoms with Crippen LogP contribution in [0.25, 0.3) is 39.1 Å². The lowest BCUT2D eigenvalue weighted by Gasteiger charge is -2.27. The first-order chi connectivity index (χ1) is 20.2. The molecule has 0 radical (unpaired) electrons. The summed E-state index contributed by atoms with van der Waals surface area (Å²) in [6.07, 6.45) is 6.00. The van der Waals surface area contributed by atoms with Crippen LogP contribution >= 0.6 is 0 Å². The van der Waals surface area contributed by atoms with Crippen molar-refractivity contribution in [3.63, 3.8) is 0 Å². The molecule has 3 nitrogen and oxygen atoms in total. The number of hydrogen-bond acceptors (Lipinski definition) is 2. The number of rotatable bonds is 7. The van der Waals surface area contributed by atoms with Crippen molar-refractivity contribution in [2.24, 2.45) is 0 Å². The maximum absolute atomic E-state index is 4.89. The van der Waals surface area contributed by atoms with Gasteiger partial charge in [-0.1, -0.05) is 120 Å². The highest BCUT2D eigenvalue weighted by Crippen LogP contribution is 2.37. The SMILES string of the molecule is CC(C)c1cccc(C(C)C)c1-n1ccnc1-c1cccc(C(C)(C)c2cccc(-c3cc4ccccc4cn3)c2)c1. The Morgan fingerprint density at radius 1 is 0.619 bits per heavy atom. The Bertz CT molecular complexity index is 1850. The van der Waals surface area contributed by atoms with E-state index in [1.165, 1.54) is 33.3 Å². The standard InChI is InChI=1S/C39H39N3/c1-26(2)34-18-11-19-35(27(3)4)37(34)42-21-20-40-38(42)30-15-10-17-33(23-30)39(5,6)32-16-9-14-29(22-32)36-24-28-12-7-8-13-31(28)25-41-36/h7-27H,1-6H3. The van der Waals surface area contributed by atoms with E-state index in [0.717, 1.165) is 28.0 Å². The summed E-state index contributed by atoms with van der Waals surface area (Å²) < 4.78 is 2.29. The fourth-order valence-electron chi connectivity index (χ4n) is 6.01. The quantitative estimate of drug-likeness (QED) is 0.198. The minimum absolute atomic E-state index is 0.223. The van der Waals surface area contributed by atoms with Gasteiger partial charge in [0.15, 0.2) is 0 Å². The minimum Gasteiger partial charge on any atom is -0.299 e. The predicted octanol–water partition coefficient (Wildman–Crippen LogP) is 10.3. The molecule has 2 aromatic heterocycles. The van der Waals surface area contributed by atoms with Gasteiger partial charge in [0.2, 0.25) is 0 Å². The van der Waals surface area contributed by atoms with Crippen LogP contribution < -0.4 is 0 Å². The van der Waals surface area contributed by atoms with Crippen LogP contribution in [0.15, 0.2) is 116 Å². The van der Waals surface area contributed by atoms with Gasteiger partial charge in [0.05, 0.1) is 11.4 Å². The summed E-state index contributed by atoms with van der Waals surface area (Å²) in [6.45, 7) is 13.7. The molecule has 0 saturated heterocycles. The van der Waals surface area contributed by atoms with Crippen molar-refractivity contribution in [2.75, 3.05) is 0 Å². The lowest BCUT2D eigenvalue weighted by Crippen LogP contribution is -2.19. The second kappa shape index (κ2) is 11.1. The molecule has 0 aliphatic rings. The van der Waals surface area contributed by atoms with Crippen LogP contribution in [0.2, 0.25) is 0 Å². The zero-order valence-corrected chi connectivity index (χ0v) is 25.5. The number of benzene rings is 4. The van der Waals surface area contributed by atoms with Crippen LogP contribution in [0.1, 0.15) is 75.6 Å². The van der Waals surface area contributed by atoms with E-state index in [4.69, 9.17) is 9.97 Å². The minimum atomic E-state index is -0.223. The van der Waals surface area contributed by atoms with Gasteiger partial charge in [0.1, 0.15) is 5.82 Å². The zero-order valence-electron chi connectivity index (χ0n) is 25.5. The van der Waals surface area contributed by atoms with E-state index in [0.29, 0.717) is 11.8 Å². The number of fused-ring (bicyclic) bond motifs is 1. The Morgan fingerprint density at radius 3 is 1.88 bits per heavy atom. The van der Waals surface area contributed by atoms with E-state index < -0.39 is 0 Å². The molecule has 6 rings (SSSR count). The maximum Gasteiger partial charge on any atom is 0.144 e. The number of pyridine rings is 1. The van der Waals surface area contributed by atoms with Crippen LogP contribution in [0.5, 0.6) is 0 Å². The molecular formula is C39H39N3. The molecule has 3 heteroatoms. The average Bonchev–Trinajstić information content (AvgIpc) is 3.50. The largest absolute Gasteiger partial charge is 0.299 e. The molecule has 2 heterocycles. The molecule has 0 saturated carbocycles. The van der Waals surface area contributed by atoms with Gasteiger partial charge in [-0.3, -0.25) is 9.55 Å². The predicted molar refractivity (Wildman–Crippen MR) is 176 cm³/mol. The van der Waals surface area contributed by atoms with Crippen LogP contribution in [-0.2, 0) is 5.41 Å². The van der Waals surface area contributed by atoms with Crippen LogP contribution in [0, 0.1) is 0 Å². The topological polar surface area (TPSA) is 30.7 Å². The Labute approximate surface area is 249 Å². The lowest BCUT2D eigenvalue weighted by atomic mass is 9.77. The summed E-state index contributed by atoms with van der Waals surface area (Å²) in [4.78, 5) is 9.68. The molecule has 42 heavy (non-hydrogen) atoms. The van der Waals surface area contributed by atoms with Gasteiger partial charge < -0.3 is 0 Å². The normalized spacial score (nSPS) is 12.0. The molecule has 0 bridgehead atoms. The highest BCUT2D eigenvalue weighted by Gasteiger charge is 2.25. The fraction of sp³-hybridized carbons (Fsp3) is 0.231. The molecule has 210 valence electrons. The van der Waals surface area contributed by atoms with Crippen molar-refractivity contribution in [3.05, 3.63) is 138 Å². The van der Waals surface area contributed by atoms with Gasteiger partial charge in [-0.2, -0.15) is 0 Å². The molecular weight excluding hydrogens is 510 g/mol. The smallest absolute Gasteiger partial charge is 0.144 e. The van der Waals surface area contributed by atoms with Crippen LogP contribution in [-0.4, -0.2) is 14.5 Å². The lowest BCUT2D eigenvalue weighted by molar-refractivity contribution is 0.641. The second-order valence-corrected chi connectivity index (χ2v) is 12.4. The zero-order chi connectivity index (χ0) is 29.4. The molecule has 0 aliphatic heterocycles. The Kier molecular flexibility index (Phi) is 7.28. The van der Waals surface area contributed by atoms with E-state index in [9.17, 15) is 0 Å². The third kappa shape index (κ3) is 5.05. The van der Waals surface area contributed by atoms with Gasteiger partial charge in [0.25, 0.3) is 0 Å². The molecule has 0 aliphatic carbocycles. The van der Waals surface area contributed by atoms with E-state index in [1.807, 2.05) is 12.4 Å². The van der Waals surface area contributed by atoms with E-state index in [2.05, 4.69) is 149 Å². The highest BCUT2D eigenvalue weighted by atomic mass is 15.1. The van der Waals surface area contributed by atoms with Crippen molar-refractivity contribution in [1.82, 2.24) is 14.5 Å². The summed E-state index contributed by atoms with van der Waals surface area (Å²) >= 11 is 0. The highest BCUT2D eigenvalue weighted by molar-refractivity contribution is 5.85. The van der Waals surface area contributed by atoms with Crippen molar-refractivity contribution in [1.29, 1.82) is 0 Å². The van der Waals surface area contributed by atoms with Crippen molar-refractivity contribution in [3.8, 4) is 28.3 Å². The summed E-state index contributed by atoms with van der Waals surface area (Å²) in [5.74, 6) is 1.78. The number of imidazole rings is 1. The van der Waals surface area contributed by atoms with Gasteiger partial charge in [-0.15, -0.1) is 0 Å². The van der Waals surface area contributed by atoms with Crippen LogP contribution in [0.3, 0.4) is 0 Å². The molecule has 0 N–H and O–H groups in total. The summed E-state index contributed by atoms with van der Waals surface area (Å²) in [6, 6.07) is 35.0. The Balaban J connectivity index is 1.40. The van der Waals surface area contributed by atoms with E-state index >= 15 is 0 Å². The van der Waals surface area contributed by atoms with Crippen molar-refractivity contribution >= 4 is 10.8 Å². The van der Waals surface area contributed by atoms with Crippen molar-refractivity contribution in [2.45, 2.75) is 58.8 Å². The monoisotopic (exact) mass is 549 g/mol. The van der Waals surface area contributed by atoms with Crippen LogP contribution in [0.4, 0.5) is 0 Å². The fourth-order valence-corrected chi connectivity index (χ4v) is 6.01. The summed E-state index contributed by atoms with van der Waals surface area (Å²) in [5, 5.41) is 2.36. The van der Waals surface area contributed by atoms with Gasteiger partial charge >= 0.3 is 0 Å². The first kappa shape index (κ1) is 27.7. The Hall–Kier alpha value is -4.50. The molecule has 0 unspecified atom stereocenters. The van der Waals surface area contributed by atoms with Gasteiger partial charge in [-0.05, 0) is 57.7 Å². The first-order valence-electron chi connectivity index (χ1n) is 15.0. The molecule has 0 fully saturated rings. The first-order valence-corrected chi connectivity index (χ1v) is 15.0. The molecule has 4 aromatic carbocycles. The third-order valence-corrected chi connectivity index (χ3v) is 8.58. The molecule has 0 atom stereocenters.